The molecule has 0 fully saturated rings. The van der Waals surface area contributed by atoms with Crippen molar-refractivity contribution in [3.63, 3.8) is 0 Å². The number of hydrogen-bond donors (Lipinski definition) is 1. The van der Waals surface area contributed by atoms with Gasteiger partial charge in [-0.15, -0.1) is 10.2 Å². The van der Waals surface area contributed by atoms with Gasteiger partial charge in [-0.25, -0.2) is 0 Å². The highest BCUT2D eigenvalue weighted by Gasteiger charge is 2.21. The van der Waals surface area contributed by atoms with Crippen molar-refractivity contribution in [3.05, 3.63) is 24.3 Å². The smallest absolute Gasteiger partial charge is 0.227 e. The minimum absolute atomic E-state index is 0.120. The van der Waals surface area contributed by atoms with Gasteiger partial charge in [0.25, 0.3) is 0 Å². The largest absolute Gasteiger partial charge is 0.497 e. The molecular weight excluding hydrogens is 424 g/mol. The zero-order valence-electron chi connectivity index (χ0n) is 20.1. The zero-order valence-corrected chi connectivity index (χ0v) is 20.9. The van der Waals surface area contributed by atoms with Crippen LogP contribution in [0, 0.1) is 11.3 Å². The molecule has 176 valence electrons. The molecule has 0 saturated heterocycles. The van der Waals surface area contributed by atoms with Crippen molar-refractivity contribution >= 4 is 28.3 Å². The van der Waals surface area contributed by atoms with Crippen molar-refractivity contribution in [1.82, 2.24) is 15.1 Å². The Bertz CT molecular complexity index is 874. The molecule has 0 bridgehead atoms. The molecule has 32 heavy (non-hydrogen) atoms. The third-order valence-electron chi connectivity index (χ3n) is 4.95. The molecule has 7 nitrogen and oxygen atoms in total. The molecule has 1 aromatic carbocycles. The number of aromatic nitrogens is 2. The number of amides is 2. The Labute approximate surface area is 195 Å². The van der Waals surface area contributed by atoms with Crippen LogP contribution in [0.4, 0.5) is 5.13 Å². The lowest BCUT2D eigenvalue weighted by Crippen LogP contribution is -2.35. The van der Waals surface area contributed by atoms with Crippen LogP contribution in [0.5, 0.6) is 5.75 Å². The fraction of sp³-hybridized carbons (Fsp3) is 0.583. The lowest BCUT2D eigenvalue weighted by molar-refractivity contribution is -0.132. The Morgan fingerprint density at radius 1 is 1.16 bits per heavy atom. The number of benzene rings is 1. The van der Waals surface area contributed by atoms with E-state index in [1.807, 2.05) is 36.1 Å². The van der Waals surface area contributed by atoms with E-state index in [2.05, 4.69) is 43.2 Å². The lowest BCUT2D eigenvalue weighted by atomic mass is 9.84. The average Bonchev–Trinajstić information content (AvgIpc) is 3.18. The second-order valence-electron chi connectivity index (χ2n) is 9.39. The molecule has 2 amide bonds. The quantitative estimate of drug-likeness (QED) is 0.495. The maximum absolute atomic E-state index is 12.8. The van der Waals surface area contributed by atoms with Crippen LogP contribution in [-0.2, 0) is 9.59 Å². The van der Waals surface area contributed by atoms with Crippen molar-refractivity contribution in [3.8, 4) is 16.3 Å². The number of anilines is 1. The molecule has 2 aromatic rings. The molecule has 8 heteroatoms. The number of methoxy groups -OCH3 is 1. The highest BCUT2D eigenvalue weighted by atomic mass is 32.1. The van der Waals surface area contributed by atoms with Crippen LogP contribution < -0.4 is 10.1 Å². The monoisotopic (exact) mass is 460 g/mol. The third kappa shape index (κ3) is 8.57. The normalized spacial score (nSPS) is 12.3. The number of hydrogen-bond acceptors (Lipinski definition) is 6. The second kappa shape index (κ2) is 11.9. The van der Waals surface area contributed by atoms with E-state index in [1.54, 1.807) is 7.11 Å². The van der Waals surface area contributed by atoms with Gasteiger partial charge in [0.15, 0.2) is 0 Å². The Morgan fingerprint density at radius 2 is 1.84 bits per heavy atom. The van der Waals surface area contributed by atoms with Crippen LogP contribution >= 0.6 is 11.3 Å². The van der Waals surface area contributed by atoms with E-state index in [4.69, 9.17) is 4.74 Å². The predicted octanol–water partition coefficient (Wildman–Crippen LogP) is 5.24. The van der Waals surface area contributed by atoms with Crippen molar-refractivity contribution in [2.75, 3.05) is 25.5 Å². The SMILES string of the molecule is CCCN(CCC(=O)Nc1nnc(-c2ccc(OC)cc2)s1)C(=O)CC(C)CC(C)(C)C. The molecule has 0 spiro atoms. The fourth-order valence-electron chi connectivity index (χ4n) is 3.72. The summed E-state index contributed by atoms with van der Waals surface area (Å²) >= 11 is 1.32. The van der Waals surface area contributed by atoms with Crippen LogP contribution in [0.1, 0.15) is 60.3 Å². The summed E-state index contributed by atoms with van der Waals surface area (Å²) < 4.78 is 5.17. The van der Waals surface area contributed by atoms with Crippen LogP contribution in [-0.4, -0.2) is 47.1 Å². The van der Waals surface area contributed by atoms with Crippen molar-refractivity contribution in [1.29, 1.82) is 0 Å². The van der Waals surface area contributed by atoms with Crippen molar-refractivity contribution in [2.24, 2.45) is 11.3 Å². The molecular formula is C24H36N4O3S. The highest BCUT2D eigenvalue weighted by Crippen LogP contribution is 2.28. The minimum atomic E-state index is -0.168. The summed E-state index contributed by atoms with van der Waals surface area (Å²) in [5.74, 6) is 1.03. The Morgan fingerprint density at radius 3 is 2.44 bits per heavy atom. The molecule has 0 aliphatic rings. The van der Waals surface area contributed by atoms with Gasteiger partial charge in [0.2, 0.25) is 16.9 Å². The molecule has 1 N–H and O–H groups in total. The Balaban J connectivity index is 1.88. The minimum Gasteiger partial charge on any atom is -0.497 e. The number of carbonyl (C=O) groups excluding carboxylic acids is 2. The van der Waals surface area contributed by atoms with E-state index in [9.17, 15) is 9.59 Å². The van der Waals surface area contributed by atoms with Crippen LogP contribution in [0.25, 0.3) is 10.6 Å². The van der Waals surface area contributed by atoms with Crippen molar-refractivity contribution in [2.45, 2.75) is 60.3 Å². The van der Waals surface area contributed by atoms with Gasteiger partial charge in [0, 0.05) is 31.5 Å². The maximum atomic E-state index is 12.8. The molecule has 2 rings (SSSR count). The molecule has 0 radical (unpaired) electrons. The van der Waals surface area contributed by atoms with E-state index in [0.717, 1.165) is 29.2 Å². The van der Waals surface area contributed by atoms with Crippen LogP contribution in [0.2, 0.25) is 0 Å². The van der Waals surface area contributed by atoms with E-state index in [0.29, 0.717) is 30.6 Å². The molecule has 0 aliphatic heterocycles. The Hall–Kier alpha value is -2.48. The molecule has 0 aliphatic carbocycles. The first-order chi connectivity index (χ1) is 15.1. The lowest BCUT2D eigenvalue weighted by Gasteiger charge is -2.26. The van der Waals surface area contributed by atoms with Crippen LogP contribution in [0.15, 0.2) is 24.3 Å². The first-order valence-corrected chi connectivity index (χ1v) is 12.0. The van der Waals surface area contributed by atoms with E-state index in [-0.39, 0.29) is 23.7 Å². The first-order valence-electron chi connectivity index (χ1n) is 11.2. The third-order valence-corrected chi connectivity index (χ3v) is 5.84. The molecule has 1 heterocycles. The van der Waals surface area contributed by atoms with E-state index in [1.165, 1.54) is 11.3 Å². The number of ether oxygens (including phenoxy) is 1. The predicted molar refractivity (Wildman–Crippen MR) is 130 cm³/mol. The molecule has 1 aromatic heterocycles. The van der Waals surface area contributed by atoms with E-state index >= 15 is 0 Å². The zero-order chi connectivity index (χ0) is 23.7. The number of rotatable bonds is 11. The van der Waals surface area contributed by atoms with Gasteiger partial charge in [-0.3, -0.25) is 9.59 Å². The molecule has 1 atom stereocenters. The standard InChI is InChI=1S/C24H36N4O3S/c1-7-13-28(21(30)15-17(2)16-24(3,4)5)14-12-20(29)25-23-27-26-22(32-23)18-8-10-19(31-6)11-9-18/h8-11,17H,7,12-16H2,1-6H3,(H,25,27,29). The molecule has 1 unspecified atom stereocenters. The summed E-state index contributed by atoms with van der Waals surface area (Å²) in [6, 6.07) is 7.52. The summed E-state index contributed by atoms with van der Waals surface area (Å²) in [6.45, 7) is 11.8. The summed E-state index contributed by atoms with van der Waals surface area (Å²) in [6.07, 6.45) is 2.60. The van der Waals surface area contributed by atoms with Crippen LogP contribution in [0.3, 0.4) is 0 Å². The van der Waals surface area contributed by atoms with E-state index < -0.39 is 0 Å². The van der Waals surface area contributed by atoms with Crippen molar-refractivity contribution < 1.29 is 14.3 Å². The summed E-state index contributed by atoms with van der Waals surface area (Å²) in [7, 11) is 1.62. The average molecular weight is 461 g/mol. The number of nitrogens with one attached hydrogen (secondary N) is 1. The molecule has 0 saturated carbocycles. The first kappa shape index (κ1) is 25.8. The number of carbonyl (C=O) groups is 2. The number of nitrogens with zero attached hydrogens (tertiary/aromatic N) is 3. The summed E-state index contributed by atoms with van der Waals surface area (Å²) in [5, 5.41) is 12.2. The van der Waals surface area contributed by atoms with Gasteiger partial charge >= 0.3 is 0 Å². The van der Waals surface area contributed by atoms with Gasteiger partial charge in [0.05, 0.1) is 7.11 Å². The summed E-state index contributed by atoms with van der Waals surface area (Å²) in [4.78, 5) is 27.0. The van der Waals surface area contributed by atoms with Gasteiger partial charge in [0.1, 0.15) is 10.8 Å². The maximum Gasteiger partial charge on any atom is 0.227 e. The topological polar surface area (TPSA) is 84.4 Å². The van der Waals surface area contributed by atoms with Gasteiger partial charge in [-0.1, -0.05) is 46.0 Å². The highest BCUT2D eigenvalue weighted by molar-refractivity contribution is 7.18. The van der Waals surface area contributed by atoms with Gasteiger partial charge < -0.3 is 15.0 Å². The summed E-state index contributed by atoms with van der Waals surface area (Å²) in [5.41, 5.74) is 1.11. The second-order valence-corrected chi connectivity index (χ2v) is 10.4. The van der Waals surface area contributed by atoms with Gasteiger partial charge in [-0.05, 0) is 48.4 Å². The Kier molecular flexibility index (Phi) is 9.62. The van der Waals surface area contributed by atoms with Gasteiger partial charge in [-0.2, -0.15) is 0 Å². The fourth-order valence-corrected chi connectivity index (χ4v) is 4.48.